The number of nitrogens with zero attached hydrogens (tertiary/aromatic N) is 5. The minimum Gasteiger partial charge on any atom is -0.343 e. The highest BCUT2D eigenvalue weighted by Crippen LogP contribution is 2.36. The van der Waals surface area contributed by atoms with E-state index in [1.165, 1.54) is 45.2 Å². The highest BCUT2D eigenvalue weighted by atomic mass is 16.2. The van der Waals surface area contributed by atoms with Gasteiger partial charge in [0.15, 0.2) is 0 Å². The third kappa shape index (κ3) is 3.89. The first-order valence-corrected chi connectivity index (χ1v) is 10.1. The number of likely N-dealkylation sites (tertiary alicyclic amines) is 2. The first-order chi connectivity index (χ1) is 12.2. The molecule has 25 heavy (non-hydrogen) atoms. The number of carbonyl (C=O) groups excluding carboxylic acids is 1. The van der Waals surface area contributed by atoms with Gasteiger partial charge in [0.1, 0.15) is 0 Å². The number of rotatable bonds is 3. The molecule has 3 fully saturated rings. The van der Waals surface area contributed by atoms with E-state index < -0.39 is 0 Å². The summed E-state index contributed by atoms with van der Waals surface area (Å²) in [7, 11) is 0. The smallest absolute Gasteiger partial charge is 0.219 e. The number of hydrogen-bond donors (Lipinski definition) is 0. The fourth-order valence-corrected chi connectivity index (χ4v) is 5.06. The van der Waals surface area contributed by atoms with Crippen molar-refractivity contribution in [1.82, 2.24) is 24.8 Å². The van der Waals surface area contributed by atoms with Crippen LogP contribution < -0.4 is 0 Å². The van der Waals surface area contributed by atoms with Crippen LogP contribution in [0.25, 0.3) is 0 Å². The van der Waals surface area contributed by atoms with Crippen LogP contribution in [-0.4, -0.2) is 56.9 Å². The summed E-state index contributed by atoms with van der Waals surface area (Å²) in [4.78, 5) is 16.0. The second kappa shape index (κ2) is 7.44. The fraction of sp³-hybridized carbons (Fsp3) is 0.842. The summed E-state index contributed by atoms with van der Waals surface area (Å²) >= 11 is 0. The van der Waals surface area contributed by atoms with Gasteiger partial charge in [0.25, 0.3) is 0 Å². The topological polar surface area (TPSA) is 54.3 Å². The van der Waals surface area contributed by atoms with E-state index in [0.29, 0.717) is 6.04 Å². The standard InChI is InChI=1S/C19H31N5O/c1-15(25)23-10-7-19(8-11-23)24-14-18(20-21-24)13-22-9-6-16-4-2-3-5-17(16)12-22/h14,16-17,19H,2-13H2,1H3/t16-,17+/m0/s1. The average molecular weight is 345 g/mol. The molecule has 1 aromatic heterocycles. The zero-order valence-corrected chi connectivity index (χ0v) is 15.4. The number of hydrogen-bond acceptors (Lipinski definition) is 4. The Bertz CT molecular complexity index is 592. The van der Waals surface area contributed by atoms with Crippen molar-refractivity contribution in [3.05, 3.63) is 11.9 Å². The summed E-state index contributed by atoms with van der Waals surface area (Å²) in [6, 6.07) is 0.390. The van der Waals surface area contributed by atoms with Crippen molar-refractivity contribution in [2.45, 2.75) is 64.5 Å². The quantitative estimate of drug-likeness (QED) is 0.844. The number of piperidine rings is 2. The van der Waals surface area contributed by atoms with E-state index in [4.69, 9.17) is 0 Å². The molecule has 4 rings (SSSR count). The summed E-state index contributed by atoms with van der Waals surface area (Å²) in [5.41, 5.74) is 1.10. The van der Waals surface area contributed by atoms with E-state index in [2.05, 4.69) is 21.4 Å². The first kappa shape index (κ1) is 17.0. The maximum atomic E-state index is 11.5. The molecule has 0 radical (unpaired) electrons. The molecule has 0 spiro atoms. The normalized spacial score (nSPS) is 28.8. The largest absolute Gasteiger partial charge is 0.343 e. The first-order valence-electron chi connectivity index (χ1n) is 10.1. The molecular formula is C19H31N5O. The Morgan fingerprint density at radius 1 is 1.08 bits per heavy atom. The lowest BCUT2D eigenvalue weighted by Crippen LogP contribution is -2.41. The van der Waals surface area contributed by atoms with Crippen molar-refractivity contribution in [3.63, 3.8) is 0 Å². The summed E-state index contributed by atoms with van der Waals surface area (Å²) in [6.45, 7) is 6.73. The Kier molecular flexibility index (Phi) is 5.06. The molecule has 1 aliphatic carbocycles. The lowest BCUT2D eigenvalue weighted by molar-refractivity contribution is -0.130. The molecule has 0 unspecified atom stereocenters. The van der Waals surface area contributed by atoms with Crippen molar-refractivity contribution in [2.24, 2.45) is 11.8 Å². The van der Waals surface area contributed by atoms with Crippen molar-refractivity contribution < 1.29 is 4.79 Å². The maximum Gasteiger partial charge on any atom is 0.219 e. The summed E-state index contributed by atoms with van der Waals surface area (Å²) in [5, 5.41) is 8.83. The maximum absolute atomic E-state index is 11.5. The molecule has 1 saturated carbocycles. The SMILES string of the molecule is CC(=O)N1CCC(n2cc(CN3CC[C@@H]4CCCC[C@@H]4C3)nn2)CC1. The van der Waals surface area contributed by atoms with Crippen molar-refractivity contribution in [1.29, 1.82) is 0 Å². The third-order valence-corrected chi connectivity index (χ3v) is 6.60. The van der Waals surface area contributed by atoms with Crippen LogP contribution in [0.5, 0.6) is 0 Å². The van der Waals surface area contributed by atoms with Crippen LogP contribution in [0.3, 0.4) is 0 Å². The van der Waals surface area contributed by atoms with E-state index in [-0.39, 0.29) is 5.91 Å². The predicted molar refractivity (Wildman–Crippen MR) is 95.9 cm³/mol. The van der Waals surface area contributed by atoms with Gasteiger partial charge in [-0.3, -0.25) is 9.69 Å². The monoisotopic (exact) mass is 345 g/mol. The van der Waals surface area contributed by atoms with Crippen LogP contribution in [0.1, 0.15) is 63.6 Å². The van der Waals surface area contributed by atoms with E-state index in [0.717, 1.165) is 50.0 Å². The third-order valence-electron chi connectivity index (χ3n) is 6.60. The molecule has 0 bridgehead atoms. The van der Waals surface area contributed by atoms with Gasteiger partial charge in [-0.2, -0.15) is 0 Å². The van der Waals surface area contributed by atoms with Crippen LogP contribution in [0.2, 0.25) is 0 Å². The number of fused-ring (bicyclic) bond motifs is 1. The second-order valence-corrected chi connectivity index (χ2v) is 8.26. The Morgan fingerprint density at radius 3 is 2.60 bits per heavy atom. The van der Waals surface area contributed by atoms with Gasteiger partial charge in [0.05, 0.1) is 17.9 Å². The molecule has 1 aromatic rings. The molecule has 3 heterocycles. The minimum atomic E-state index is 0.184. The van der Waals surface area contributed by atoms with Crippen LogP contribution >= 0.6 is 0 Å². The van der Waals surface area contributed by atoms with Crippen molar-refractivity contribution >= 4 is 5.91 Å². The molecule has 1 amide bonds. The van der Waals surface area contributed by atoms with Gasteiger partial charge >= 0.3 is 0 Å². The molecule has 2 atom stereocenters. The average Bonchev–Trinajstić information content (AvgIpc) is 3.10. The fourth-order valence-electron chi connectivity index (χ4n) is 5.06. The highest BCUT2D eigenvalue weighted by molar-refractivity contribution is 5.73. The van der Waals surface area contributed by atoms with Crippen molar-refractivity contribution in [2.75, 3.05) is 26.2 Å². The molecule has 2 aliphatic heterocycles. The number of carbonyl (C=O) groups is 1. The molecule has 0 aromatic carbocycles. The summed E-state index contributed by atoms with van der Waals surface area (Å²) in [6.07, 6.45) is 11.2. The van der Waals surface area contributed by atoms with Crippen LogP contribution in [-0.2, 0) is 11.3 Å². The predicted octanol–water partition coefficient (Wildman–Crippen LogP) is 2.47. The van der Waals surface area contributed by atoms with Gasteiger partial charge in [-0.25, -0.2) is 4.68 Å². The summed E-state index contributed by atoms with van der Waals surface area (Å²) < 4.78 is 2.04. The van der Waals surface area contributed by atoms with Crippen LogP contribution in [0.15, 0.2) is 6.20 Å². The lowest BCUT2D eigenvalue weighted by atomic mass is 9.75. The zero-order chi connectivity index (χ0) is 17.2. The Labute approximate surface area is 150 Å². The Morgan fingerprint density at radius 2 is 1.84 bits per heavy atom. The van der Waals surface area contributed by atoms with Gasteiger partial charge in [-0.1, -0.05) is 24.5 Å². The van der Waals surface area contributed by atoms with E-state index >= 15 is 0 Å². The molecule has 0 N–H and O–H groups in total. The van der Waals surface area contributed by atoms with E-state index in [9.17, 15) is 4.79 Å². The van der Waals surface area contributed by atoms with Gasteiger partial charge in [-0.15, -0.1) is 5.10 Å². The van der Waals surface area contributed by atoms with Crippen LogP contribution in [0, 0.1) is 11.8 Å². The molecule has 138 valence electrons. The zero-order valence-electron chi connectivity index (χ0n) is 15.4. The number of aromatic nitrogens is 3. The molecule has 6 heteroatoms. The second-order valence-electron chi connectivity index (χ2n) is 8.26. The molecular weight excluding hydrogens is 314 g/mol. The van der Waals surface area contributed by atoms with Crippen LogP contribution in [0.4, 0.5) is 0 Å². The van der Waals surface area contributed by atoms with E-state index in [1.807, 2.05) is 9.58 Å². The molecule has 3 aliphatic rings. The Hall–Kier alpha value is -1.43. The van der Waals surface area contributed by atoms with Gasteiger partial charge in [0.2, 0.25) is 5.91 Å². The summed E-state index contributed by atoms with van der Waals surface area (Å²) in [5.74, 6) is 2.07. The van der Waals surface area contributed by atoms with E-state index in [1.54, 1.807) is 6.92 Å². The number of amides is 1. The lowest BCUT2D eigenvalue weighted by Gasteiger charge is -2.41. The van der Waals surface area contributed by atoms with Gasteiger partial charge < -0.3 is 4.90 Å². The minimum absolute atomic E-state index is 0.184. The van der Waals surface area contributed by atoms with Crippen molar-refractivity contribution in [3.8, 4) is 0 Å². The Balaban J connectivity index is 1.30. The molecule has 6 nitrogen and oxygen atoms in total. The van der Waals surface area contributed by atoms with Gasteiger partial charge in [0, 0.05) is 33.1 Å². The highest BCUT2D eigenvalue weighted by Gasteiger charge is 2.31. The van der Waals surface area contributed by atoms with Gasteiger partial charge in [-0.05, 0) is 44.1 Å². The molecule has 2 saturated heterocycles.